The molecule has 0 fully saturated rings. The number of aromatic nitrogens is 3. The molecule has 5 aromatic carbocycles. The van der Waals surface area contributed by atoms with Crippen LogP contribution >= 0.6 is 0 Å². The minimum absolute atomic E-state index is 0. The second-order valence-electron chi connectivity index (χ2n) is 13.7. The molecule has 8 aromatic rings. The molecule has 8 rings (SSSR count). The average Bonchev–Trinajstić information content (AvgIpc) is 3.75. The van der Waals surface area contributed by atoms with Crippen molar-refractivity contribution in [2.24, 2.45) is 0 Å². The first kappa shape index (κ1) is 28.7. The van der Waals surface area contributed by atoms with Gasteiger partial charge in [-0.3, -0.25) is 4.98 Å². The normalized spacial score (nSPS) is 14.1. The van der Waals surface area contributed by atoms with Gasteiger partial charge in [0, 0.05) is 47.0 Å². The summed E-state index contributed by atoms with van der Waals surface area (Å²) in [6, 6.07) is 39.2. The maximum atomic E-state index is 8.39. The molecule has 5 heteroatoms. The summed E-state index contributed by atoms with van der Waals surface area (Å²) in [4.78, 5) is 9.32. The number of benzene rings is 5. The Balaban J connectivity index is 0.000000197. The third-order valence-corrected chi connectivity index (χ3v) is 9.22. The number of hydrogen-bond acceptors (Lipinski definition) is 3. The molecule has 0 bridgehead atoms. The minimum atomic E-state index is -2.33. The Kier molecular flexibility index (Phi) is 8.51. The van der Waals surface area contributed by atoms with E-state index in [1.807, 2.05) is 60.7 Å². The molecule has 3 heterocycles. The van der Waals surface area contributed by atoms with Gasteiger partial charge in [0.2, 0.25) is 0 Å². The monoisotopic (exact) mass is 867 g/mol. The first-order chi connectivity index (χ1) is 27.3. The van der Waals surface area contributed by atoms with E-state index in [1.54, 1.807) is 32.0 Å². The van der Waals surface area contributed by atoms with Crippen molar-refractivity contribution in [3.8, 4) is 28.3 Å². The van der Waals surface area contributed by atoms with E-state index in [9.17, 15) is 0 Å². The summed E-state index contributed by atoms with van der Waals surface area (Å²) in [5.41, 5.74) is 9.82. The Morgan fingerprint density at radius 1 is 0.769 bits per heavy atom. The van der Waals surface area contributed by atoms with Crippen LogP contribution in [0.1, 0.15) is 96.7 Å². The van der Waals surface area contributed by atoms with E-state index in [2.05, 4.69) is 73.6 Å². The molecule has 0 aliphatic rings. The first-order valence-electron chi connectivity index (χ1n) is 20.8. The number of fused-ring (bicyclic) bond motifs is 4. The number of hydrogen-bond donors (Lipinski definition) is 0. The third kappa shape index (κ3) is 7.00. The van der Waals surface area contributed by atoms with Crippen LogP contribution < -0.4 is 0 Å². The van der Waals surface area contributed by atoms with E-state index < -0.39 is 19.6 Å². The Morgan fingerprint density at radius 2 is 1.52 bits per heavy atom. The molecule has 3 aromatic heterocycles. The predicted octanol–water partition coefficient (Wildman–Crippen LogP) is 12.9. The SMILES string of the molecule is [2H]C([2H])([2H])c1c[c-]c(-c2nc3ccccc3n2-c2c(C(C)C)cccc2C(C)C)cc1.[2H]C([2H])([2H])c1cnc(-c2[c-]ccc3c2oc2ccccc23)cc1C([2H])(C)C.[Ir]. The Labute approximate surface area is 331 Å². The molecule has 0 unspecified atom stereocenters. The van der Waals surface area contributed by atoms with Crippen LogP contribution in [-0.2, 0) is 20.1 Å². The summed E-state index contributed by atoms with van der Waals surface area (Å²) in [7, 11) is 0. The van der Waals surface area contributed by atoms with Crippen LogP contribution in [-0.4, -0.2) is 14.5 Å². The maximum absolute atomic E-state index is 8.39. The summed E-state index contributed by atoms with van der Waals surface area (Å²) in [6.45, 7) is 7.70. The topological polar surface area (TPSA) is 43.9 Å². The molecule has 0 saturated carbocycles. The van der Waals surface area contributed by atoms with Gasteiger partial charge in [-0.1, -0.05) is 114 Å². The van der Waals surface area contributed by atoms with E-state index >= 15 is 0 Å². The van der Waals surface area contributed by atoms with Crippen molar-refractivity contribution in [1.82, 2.24) is 14.5 Å². The van der Waals surface area contributed by atoms with Crippen LogP contribution in [0.25, 0.3) is 61.3 Å². The van der Waals surface area contributed by atoms with E-state index in [0.29, 0.717) is 34.2 Å². The van der Waals surface area contributed by atoms with Crippen LogP contribution in [0.15, 0.2) is 114 Å². The molecular formula is C47H45IrN3O-2. The molecule has 4 nitrogen and oxygen atoms in total. The molecule has 52 heavy (non-hydrogen) atoms. The van der Waals surface area contributed by atoms with Crippen LogP contribution in [0.3, 0.4) is 0 Å². The third-order valence-electron chi connectivity index (χ3n) is 9.22. The maximum Gasteiger partial charge on any atom is 0.120 e. The van der Waals surface area contributed by atoms with E-state index in [1.165, 1.54) is 17.3 Å². The fourth-order valence-corrected chi connectivity index (χ4v) is 6.65. The number of para-hydroxylation sites is 4. The van der Waals surface area contributed by atoms with Crippen LogP contribution in [0.4, 0.5) is 0 Å². The standard InChI is InChI=1S/C26H27N2.C21H18NO.Ir/c1-17(2)21-9-8-10-22(18(3)4)25(21)28-24-12-7-6-11-23(24)27-26(28)20-15-13-19(5)14-16-20;1-13(2)18-11-19(22-12-14(18)3)17-9-6-8-16-15-7-4-5-10-20(15)23-21(16)17;/h6-15,17-18H,1-5H3;4-8,10-13H,1-3H3;/q2*-1;/i5D3;3D3,13D;. The number of pyridine rings is 1. The second-order valence-corrected chi connectivity index (χ2v) is 13.7. The molecule has 265 valence electrons. The van der Waals surface area contributed by atoms with Crippen molar-refractivity contribution in [2.45, 2.75) is 73.0 Å². The number of imidazole rings is 1. The van der Waals surface area contributed by atoms with E-state index in [0.717, 1.165) is 44.5 Å². The van der Waals surface area contributed by atoms with Crippen molar-refractivity contribution >= 4 is 33.0 Å². The summed E-state index contributed by atoms with van der Waals surface area (Å²) < 4.78 is 62.9. The smallest absolute Gasteiger partial charge is 0.120 e. The molecule has 1 radical (unpaired) electrons. The zero-order valence-electron chi connectivity index (χ0n) is 37.1. The summed E-state index contributed by atoms with van der Waals surface area (Å²) in [5, 5.41) is 1.95. The number of aryl methyl sites for hydroxylation is 2. The minimum Gasteiger partial charge on any atom is -0.501 e. The van der Waals surface area contributed by atoms with Gasteiger partial charge in [0.25, 0.3) is 0 Å². The first-order valence-corrected chi connectivity index (χ1v) is 17.3. The molecule has 0 amide bonds. The molecule has 0 aliphatic carbocycles. The molecule has 0 aliphatic heterocycles. The van der Waals surface area contributed by atoms with Gasteiger partial charge in [-0.2, -0.15) is 0 Å². The predicted molar refractivity (Wildman–Crippen MR) is 213 cm³/mol. The average molecular weight is 867 g/mol. The number of rotatable bonds is 6. The Bertz CT molecular complexity index is 2730. The van der Waals surface area contributed by atoms with Gasteiger partial charge in [0.05, 0.1) is 22.4 Å². The van der Waals surface area contributed by atoms with Crippen molar-refractivity contribution in [1.29, 1.82) is 0 Å². The van der Waals surface area contributed by atoms with Crippen molar-refractivity contribution in [2.75, 3.05) is 0 Å². The molecule has 0 atom stereocenters. The van der Waals surface area contributed by atoms with Gasteiger partial charge >= 0.3 is 0 Å². The summed E-state index contributed by atoms with van der Waals surface area (Å²) in [6.07, 6.45) is 1.35. The summed E-state index contributed by atoms with van der Waals surface area (Å²) >= 11 is 0. The van der Waals surface area contributed by atoms with Gasteiger partial charge in [-0.25, -0.2) is 0 Å². The molecule has 0 spiro atoms. The van der Waals surface area contributed by atoms with Crippen molar-refractivity contribution < 1.29 is 34.1 Å². The second kappa shape index (κ2) is 15.4. The Hall–Kier alpha value is -4.83. The number of furan rings is 1. The van der Waals surface area contributed by atoms with Gasteiger partial charge in [0.15, 0.2) is 0 Å². The van der Waals surface area contributed by atoms with Gasteiger partial charge < -0.3 is 14.0 Å². The fourth-order valence-electron chi connectivity index (χ4n) is 6.65. The van der Waals surface area contributed by atoms with Crippen LogP contribution in [0.2, 0.25) is 0 Å². The van der Waals surface area contributed by atoms with E-state index in [-0.39, 0.29) is 31.2 Å². The van der Waals surface area contributed by atoms with Crippen LogP contribution in [0.5, 0.6) is 0 Å². The van der Waals surface area contributed by atoms with Crippen molar-refractivity contribution in [3.63, 3.8) is 0 Å². The number of nitrogens with zero attached hydrogens (tertiary/aromatic N) is 3. The van der Waals surface area contributed by atoms with Gasteiger partial charge in [0.1, 0.15) is 5.58 Å². The zero-order valence-corrected chi connectivity index (χ0v) is 32.5. The van der Waals surface area contributed by atoms with Crippen molar-refractivity contribution in [3.05, 3.63) is 149 Å². The zero-order chi connectivity index (χ0) is 41.7. The molecule has 0 saturated heterocycles. The van der Waals surface area contributed by atoms with Gasteiger partial charge in [-0.05, 0) is 70.7 Å². The summed E-state index contributed by atoms with van der Waals surface area (Å²) in [5.74, 6) is 0.367. The Morgan fingerprint density at radius 3 is 2.21 bits per heavy atom. The van der Waals surface area contributed by atoms with Crippen LogP contribution in [0, 0.1) is 25.8 Å². The van der Waals surface area contributed by atoms with E-state index in [4.69, 9.17) is 19.0 Å². The van der Waals surface area contributed by atoms with Gasteiger partial charge in [-0.15, -0.1) is 53.6 Å². The quantitative estimate of drug-likeness (QED) is 0.156. The molecular weight excluding hydrogens is 815 g/mol. The fraction of sp³-hybridized carbons (Fsp3) is 0.234. The molecule has 0 N–H and O–H groups in total. The largest absolute Gasteiger partial charge is 0.501 e.